The summed E-state index contributed by atoms with van der Waals surface area (Å²) >= 11 is 0. The number of hydrogen-bond donors (Lipinski definition) is 1. The summed E-state index contributed by atoms with van der Waals surface area (Å²) in [5, 5.41) is 9.46. The maximum Gasteiger partial charge on any atom is 0.416 e. The molecule has 0 bridgehead atoms. The number of fused-ring (bicyclic) bond motifs is 1. The molecule has 0 saturated heterocycles. The Bertz CT molecular complexity index is 718. The van der Waals surface area contributed by atoms with Gasteiger partial charge in [-0.25, -0.2) is 0 Å². The molecule has 0 amide bonds. The first-order valence-corrected chi connectivity index (χ1v) is 6.27. The zero-order valence-electron chi connectivity index (χ0n) is 10.8. The largest absolute Gasteiger partial charge is 0.508 e. The third-order valence-electron chi connectivity index (χ3n) is 3.27. The van der Waals surface area contributed by atoms with E-state index in [0.717, 1.165) is 12.1 Å². The number of rotatable bonds is 1. The highest BCUT2D eigenvalue weighted by Crippen LogP contribution is 2.35. The fourth-order valence-electron chi connectivity index (χ4n) is 2.23. The maximum absolute atomic E-state index is 12.7. The van der Waals surface area contributed by atoms with Crippen molar-refractivity contribution in [2.75, 3.05) is 6.61 Å². The van der Waals surface area contributed by atoms with Gasteiger partial charge in [-0.2, -0.15) is 13.2 Å². The number of hydrogen-bond acceptors (Lipinski definition) is 2. The van der Waals surface area contributed by atoms with E-state index in [1.807, 2.05) is 0 Å². The molecule has 1 aliphatic heterocycles. The highest BCUT2D eigenvalue weighted by molar-refractivity contribution is 5.86. The number of aromatic hydroxyl groups is 1. The SMILES string of the molecule is Oc1ccc2c(c1)C=C(c1cccc(C(F)(F)F)c1)CO2. The molecule has 2 aromatic rings. The van der Waals surface area contributed by atoms with Crippen LogP contribution in [0.5, 0.6) is 11.5 Å². The summed E-state index contributed by atoms with van der Waals surface area (Å²) in [5.74, 6) is 0.683. The second kappa shape index (κ2) is 4.84. The molecule has 1 aliphatic rings. The fourth-order valence-corrected chi connectivity index (χ4v) is 2.23. The van der Waals surface area contributed by atoms with E-state index in [4.69, 9.17) is 4.74 Å². The molecule has 2 nitrogen and oxygen atoms in total. The molecule has 0 unspecified atom stereocenters. The Morgan fingerprint density at radius 3 is 2.62 bits per heavy atom. The second-order valence-corrected chi connectivity index (χ2v) is 4.76. The quantitative estimate of drug-likeness (QED) is 0.847. The Hall–Kier alpha value is -2.43. The molecule has 108 valence electrons. The van der Waals surface area contributed by atoms with Crippen LogP contribution >= 0.6 is 0 Å². The molecule has 21 heavy (non-hydrogen) atoms. The Morgan fingerprint density at radius 1 is 1.05 bits per heavy atom. The van der Waals surface area contributed by atoms with E-state index in [1.165, 1.54) is 18.2 Å². The van der Waals surface area contributed by atoms with Crippen molar-refractivity contribution in [2.45, 2.75) is 6.18 Å². The monoisotopic (exact) mass is 292 g/mol. The summed E-state index contributed by atoms with van der Waals surface area (Å²) in [6, 6.07) is 9.76. The standard InChI is InChI=1S/C16H11F3O2/c17-16(18,19)13-3-1-2-10(7-13)12-6-11-8-14(20)4-5-15(11)21-9-12/h1-8,20H,9H2. The Balaban J connectivity index is 2.02. The molecule has 0 saturated carbocycles. The number of phenols is 1. The van der Waals surface area contributed by atoms with Crippen molar-refractivity contribution in [1.29, 1.82) is 0 Å². The van der Waals surface area contributed by atoms with Crippen LogP contribution in [0.2, 0.25) is 0 Å². The van der Waals surface area contributed by atoms with Gasteiger partial charge in [0.1, 0.15) is 18.1 Å². The number of benzene rings is 2. The van der Waals surface area contributed by atoms with Gasteiger partial charge in [-0.3, -0.25) is 0 Å². The van der Waals surface area contributed by atoms with Gasteiger partial charge in [0.2, 0.25) is 0 Å². The van der Waals surface area contributed by atoms with E-state index >= 15 is 0 Å². The number of ether oxygens (including phenoxy) is 1. The summed E-state index contributed by atoms with van der Waals surface area (Å²) in [7, 11) is 0. The summed E-state index contributed by atoms with van der Waals surface area (Å²) in [6.07, 6.45) is -2.64. The molecule has 1 N–H and O–H groups in total. The van der Waals surface area contributed by atoms with Gasteiger partial charge in [0, 0.05) is 5.56 Å². The van der Waals surface area contributed by atoms with Gasteiger partial charge < -0.3 is 9.84 Å². The van der Waals surface area contributed by atoms with Crippen LogP contribution in [0.25, 0.3) is 11.6 Å². The van der Waals surface area contributed by atoms with E-state index in [1.54, 1.807) is 18.2 Å². The van der Waals surface area contributed by atoms with E-state index in [9.17, 15) is 18.3 Å². The molecule has 0 spiro atoms. The Labute approximate surface area is 119 Å². The lowest BCUT2D eigenvalue weighted by molar-refractivity contribution is -0.137. The van der Waals surface area contributed by atoms with E-state index in [2.05, 4.69) is 0 Å². The lowest BCUT2D eigenvalue weighted by atomic mass is 9.99. The van der Waals surface area contributed by atoms with Gasteiger partial charge in [-0.05, 0) is 47.5 Å². The summed E-state index contributed by atoms with van der Waals surface area (Å²) in [4.78, 5) is 0. The van der Waals surface area contributed by atoms with E-state index < -0.39 is 11.7 Å². The average Bonchev–Trinajstić information content (AvgIpc) is 2.45. The third-order valence-corrected chi connectivity index (χ3v) is 3.27. The van der Waals surface area contributed by atoms with Gasteiger partial charge in [0.25, 0.3) is 0 Å². The van der Waals surface area contributed by atoms with Crippen molar-refractivity contribution in [2.24, 2.45) is 0 Å². The zero-order chi connectivity index (χ0) is 15.0. The molecule has 1 heterocycles. The van der Waals surface area contributed by atoms with Crippen LogP contribution in [0.3, 0.4) is 0 Å². The van der Waals surface area contributed by atoms with Crippen LogP contribution in [0, 0.1) is 0 Å². The van der Waals surface area contributed by atoms with Gasteiger partial charge in [0.05, 0.1) is 5.56 Å². The van der Waals surface area contributed by atoms with Gasteiger partial charge in [0.15, 0.2) is 0 Å². The number of phenolic OH excluding ortho intramolecular Hbond substituents is 1. The highest BCUT2D eigenvalue weighted by atomic mass is 19.4. The normalized spacial score (nSPS) is 14.1. The molecule has 2 aromatic carbocycles. The topological polar surface area (TPSA) is 29.5 Å². The molecule has 0 atom stereocenters. The maximum atomic E-state index is 12.7. The van der Waals surface area contributed by atoms with Crippen molar-refractivity contribution in [3.8, 4) is 11.5 Å². The molecule has 5 heteroatoms. The highest BCUT2D eigenvalue weighted by Gasteiger charge is 2.30. The molecular weight excluding hydrogens is 281 g/mol. The van der Waals surface area contributed by atoms with Gasteiger partial charge >= 0.3 is 6.18 Å². The van der Waals surface area contributed by atoms with Crippen molar-refractivity contribution in [3.05, 3.63) is 59.2 Å². The molecule has 0 radical (unpaired) electrons. The van der Waals surface area contributed by atoms with Crippen molar-refractivity contribution in [3.63, 3.8) is 0 Å². The summed E-state index contributed by atoms with van der Waals surface area (Å²) < 4.78 is 43.7. The first-order chi connectivity index (χ1) is 9.93. The number of alkyl halides is 3. The van der Waals surface area contributed by atoms with Crippen LogP contribution < -0.4 is 4.74 Å². The van der Waals surface area contributed by atoms with Crippen molar-refractivity contribution in [1.82, 2.24) is 0 Å². The predicted octanol–water partition coefficient (Wildman–Crippen LogP) is 4.34. The third kappa shape index (κ3) is 2.72. The summed E-state index contributed by atoms with van der Waals surface area (Å²) in [5.41, 5.74) is 1.05. The molecular formula is C16H11F3O2. The smallest absolute Gasteiger partial charge is 0.416 e. The van der Waals surface area contributed by atoms with E-state index in [-0.39, 0.29) is 12.4 Å². The fraction of sp³-hybridized carbons (Fsp3) is 0.125. The van der Waals surface area contributed by atoms with Gasteiger partial charge in [-0.15, -0.1) is 0 Å². The van der Waals surface area contributed by atoms with Crippen LogP contribution in [0.15, 0.2) is 42.5 Å². The Kier molecular flexibility index (Phi) is 3.12. The Morgan fingerprint density at radius 2 is 1.86 bits per heavy atom. The van der Waals surface area contributed by atoms with Crippen LogP contribution in [0.4, 0.5) is 13.2 Å². The van der Waals surface area contributed by atoms with Gasteiger partial charge in [-0.1, -0.05) is 12.1 Å². The van der Waals surface area contributed by atoms with Crippen LogP contribution in [-0.2, 0) is 6.18 Å². The molecule has 0 aliphatic carbocycles. The van der Waals surface area contributed by atoms with Crippen molar-refractivity contribution >= 4 is 11.6 Å². The summed E-state index contributed by atoms with van der Waals surface area (Å²) in [6.45, 7) is 0.194. The first kappa shape index (κ1) is 13.5. The molecule has 3 rings (SSSR count). The predicted molar refractivity (Wildman–Crippen MR) is 72.9 cm³/mol. The second-order valence-electron chi connectivity index (χ2n) is 4.76. The lowest BCUT2D eigenvalue weighted by Gasteiger charge is -2.19. The average molecular weight is 292 g/mol. The van der Waals surface area contributed by atoms with Crippen molar-refractivity contribution < 1.29 is 23.0 Å². The zero-order valence-corrected chi connectivity index (χ0v) is 10.8. The minimum Gasteiger partial charge on any atom is -0.508 e. The first-order valence-electron chi connectivity index (χ1n) is 6.27. The molecule has 0 fully saturated rings. The number of halogens is 3. The molecule has 0 aromatic heterocycles. The lowest BCUT2D eigenvalue weighted by Crippen LogP contribution is -2.09. The minimum atomic E-state index is -4.37. The minimum absolute atomic E-state index is 0.0823. The van der Waals surface area contributed by atoms with E-state index in [0.29, 0.717) is 22.4 Å². The van der Waals surface area contributed by atoms with Crippen LogP contribution in [-0.4, -0.2) is 11.7 Å². The van der Waals surface area contributed by atoms with Crippen LogP contribution in [0.1, 0.15) is 16.7 Å².